The van der Waals surface area contributed by atoms with Gasteiger partial charge in [-0.2, -0.15) is 5.10 Å². The van der Waals surface area contributed by atoms with Gasteiger partial charge >= 0.3 is 0 Å². The van der Waals surface area contributed by atoms with Crippen LogP contribution in [-0.2, 0) is 11.4 Å². The Morgan fingerprint density at radius 2 is 1.81 bits per heavy atom. The maximum atomic E-state index is 12.0. The van der Waals surface area contributed by atoms with Crippen LogP contribution in [0.25, 0.3) is 0 Å². The lowest BCUT2D eigenvalue weighted by atomic mass is 10.1. The minimum atomic E-state index is -0.442. The van der Waals surface area contributed by atoms with Gasteiger partial charge in [-0.3, -0.25) is 4.79 Å². The molecule has 32 heavy (non-hydrogen) atoms. The highest BCUT2D eigenvalue weighted by Gasteiger charge is 2.08. The molecule has 3 aromatic carbocycles. The molecule has 0 heterocycles. The molecular weight excluding hydrogens is 451 g/mol. The first-order valence-corrected chi connectivity index (χ1v) is 10.5. The SMILES string of the molecule is COc1cc(/C=N/NC(=O)COc2cc(Cl)ccc2Cl)ccc1OCc1ccccc1C. The number of hydrogen-bond acceptors (Lipinski definition) is 5. The van der Waals surface area contributed by atoms with Gasteiger partial charge in [-0.25, -0.2) is 5.43 Å². The van der Waals surface area contributed by atoms with Crippen LogP contribution >= 0.6 is 23.2 Å². The van der Waals surface area contributed by atoms with Crippen molar-refractivity contribution in [3.05, 3.63) is 87.4 Å². The summed E-state index contributed by atoms with van der Waals surface area (Å²) in [6, 6.07) is 18.2. The number of benzene rings is 3. The summed E-state index contributed by atoms with van der Waals surface area (Å²) in [5.74, 6) is 1.06. The van der Waals surface area contributed by atoms with E-state index >= 15 is 0 Å². The van der Waals surface area contributed by atoms with Gasteiger partial charge in [0.2, 0.25) is 0 Å². The summed E-state index contributed by atoms with van der Waals surface area (Å²) in [6.07, 6.45) is 1.50. The Hall–Kier alpha value is -3.22. The average molecular weight is 473 g/mol. The van der Waals surface area contributed by atoms with Crippen molar-refractivity contribution >= 4 is 35.3 Å². The molecule has 1 amide bonds. The number of carbonyl (C=O) groups excluding carboxylic acids is 1. The second-order valence-electron chi connectivity index (χ2n) is 6.78. The van der Waals surface area contributed by atoms with Crippen molar-refractivity contribution in [2.75, 3.05) is 13.7 Å². The van der Waals surface area contributed by atoms with Gasteiger partial charge in [-0.1, -0.05) is 47.5 Å². The molecule has 8 heteroatoms. The highest BCUT2D eigenvalue weighted by atomic mass is 35.5. The molecule has 0 saturated carbocycles. The fraction of sp³-hybridized carbons (Fsp3) is 0.167. The number of hydrazone groups is 1. The molecular formula is C24H22Cl2N2O4. The number of hydrogen-bond donors (Lipinski definition) is 1. The summed E-state index contributed by atoms with van der Waals surface area (Å²) < 4.78 is 16.7. The van der Waals surface area contributed by atoms with E-state index in [4.69, 9.17) is 37.4 Å². The summed E-state index contributed by atoms with van der Waals surface area (Å²) in [4.78, 5) is 12.0. The number of aryl methyl sites for hydroxylation is 1. The first-order chi connectivity index (χ1) is 15.5. The number of carbonyl (C=O) groups is 1. The molecule has 3 aromatic rings. The van der Waals surface area contributed by atoms with Gasteiger partial charge in [0.15, 0.2) is 18.1 Å². The van der Waals surface area contributed by atoms with Crippen LogP contribution in [0.3, 0.4) is 0 Å². The molecule has 3 rings (SSSR count). The molecule has 0 atom stereocenters. The van der Waals surface area contributed by atoms with E-state index in [1.807, 2.05) is 37.3 Å². The third-order valence-electron chi connectivity index (χ3n) is 4.49. The topological polar surface area (TPSA) is 69.2 Å². The number of rotatable bonds is 9. The molecule has 0 aliphatic heterocycles. The minimum Gasteiger partial charge on any atom is -0.493 e. The Balaban J connectivity index is 1.54. The predicted molar refractivity (Wildman–Crippen MR) is 126 cm³/mol. The monoisotopic (exact) mass is 472 g/mol. The summed E-state index contributed by atoms with van der Waals surface area (Å²) in [5.41, 5.74) is 5.38. The summed E-state index contributed by atoms with van der Waals surface area (Å²) >= 11 is 11.9. The number of nitrogens with one attached hydrogen (secondary N) is 1. The van der Waals surface area contributed by atoms with E-state index in [1.165, 1.54) is 12.3 Å². The van der Waals surface area contributed by atoms with E-state index in [2.05, 4.69) is 10.5 Å². The number of nitrogens with zero attached hydrogens (tertiary/aromatic N) is 1. The molecule has 6 nitrogen and oxygen atoms in total. The molecule has 0 aliphatic carbocycles. The fourth-order valence-corrected chi connectivity index (χ4v) is 3.09. The minimum absolute atomic E-state index is 0.258. The van der Waals surface area contributed by atoms with Gasteiger partial charge in [-0.15, -0.1) is 0 Å². The molecule has 166 valence electrons. The Labute approximate surface area is 196 Å². The van der Waals surface area contributed by atoms with Crippen LogP contribution < -0.4 is 19.6 Å². The maximum Gasteiger partial charge on any atom is 0.277 e. The van der Waals surface area contributed by atoms with Crippen LogP contribution in [0.5, 0.6) is 17.2 Å². The van der Waals surface area contributed by atoms with Crippen molar-refractivity contribution in [1.82, 2.24) is 5.43 Å². The van der Waals surface area contributed by atoms with Crippen molar-refractivity contribution in [1.29, 1.82) is 0 Å². The number of amides is 1. The van der Waals surface area contributed by atoms with E-state index in [0.717, 1.165) is 16.7 Å². The van der Waals surface area contributed by atoms with Crippen LogP contribution in [0.15, 0.2) is 65.8 Å². The van der Waals surface area contributed by atoms with E-state index in [-0.39, 0.29) is 6.61 Å². The molecule has 0 radical (unpaired) electrons. The molecule has 0 spiro atoms. The van der Waals surface area contributed by atoms with Gasteiger partial charge in [-0.05, 0) is 53.9 Å². The number of methoxy groups -OCH3 is 1. The standard InChI is InChI=1S/C24H22Cl2N2O4/c1-16-5-3-4-6-18(16)14-31-21-10-7-17(11-23(21)30-2)13-27-28-24(29)15-32-22-12-19(25)8-9-20(22)26/h3-13H,14-15H2,1-2H3,(H,28,29)/b27-13+. The normalized spacial score (nSPS) is 10.8. The molecule has 0 aromatic heterocycles. The van der Waals surface area contributed by atoms with Gasteiger partial charge in [0.25, 0.3) is 5.91 Å². The molecule has 0 bridgehead atoms. The van der Waals surface area contributed by atoms with Crippen LogP contribution in [-0.4, -0.2) is 25.8 Å². The highest BCUT2D eigenvalue weighted by molar-refractivity contribution is 6.34. The lowest BCUT2D eigenvalue weighted by Gasteiger charge is -2.12. The van der Waals surface area contributed by atoms with Crippen molar-refractivity contribution in [2.24, 2.45) is 5.10 Å². The summed E-state index contributed by atoms with van der Waals surface area (Å²) in [7, 11) is 1.57. The summed E-state index contributed by atoms with van der Waals surface area (Å²) in [6.45, 7) is 2.22. The van der Waals surface area contributed by atoms with E-state index < -0.39 is 5.91 Å². The molecule has 0 fully saturated rings. The third kappa shape index (κ3) is 6.64. The number of halogens is 2. The smallest absolute Gasteiger partial charge is 0.277 e. The predicted octanol–water partition coefficient (Wildman–Crippen LogP) is 5.42. The Kier molecular flexibility index (Phi) is 8.36. The lowest BCUT2D eigenvalue weighted by molar-refractivity contribution is -0.123. The van der Waals surface area contributed by atoms with E-state index in [0.29, 0.717) is 33.9 Å². The number of ether oxygens (including phenoxy) is 3. The molecule has 1 N–H and O–H groups in total. The second-order valence-corrected chi connectivity index (χ2v) is 7.63. The lowest BCUT2D eigenvalue weighted by Crippen LogP contribution is -2.24. The van der Waals surface area contributed by atoms with Gasteiger partial charge in [0.05, 0.1) is 18.3 Å². The van der Waals surface area contributed by atoms with Crippen molar-refractivity contribution in [3.8, 4) is 17.2 Å². The van der Waals surface area contributed by atoms with Gasteiger partial charge in [0, 0.05) is 11.1 Å². The Morgan fingerprint density at radius 1 is 1.00 bits per heavy atom. The second kappa shape index (κ2) is 11.4. The van der Waals surface area contributed by atoms with Crippen molar-refractivity contribution in [2.45, 2.75) is 13.5 Å². The fourth-order valence-electron chi connectivity index (χ4n) is 2.75. The molecule has 0 unspecified atom stereocenters. The Bertz CT molecular complexity index is 1120. The van der Waals surface area contributed by atoms with Crippen LogP contribution in [0.1, 0.15) is 16.7 Å². The average Bonchev–Trinajstić information content (AvgIpc) is 2.79. The maximum absolute atomic E-state index is 12.0. The van der Waals surface area contributed by atoms with E-state index in [1.54, 1.807) is 31.4 Å². The third-order valence-corrected chi connectivity index (χ3v) is 5.03. The quantitative estimate of drug-likeness (QED) is 0.333. The Morgan fingerprint density at radius 3 is 2.59 bits per heavy atom. The van der Waals surface area contributed by atoms with Gasteiger partial charge in [0.1, 0.15) is 12.4 Å². The molecule has 0 saturated heterocycles. The molecule has 0 aliphatic rings. The first-order valence-electron chi connectivity index (χ1n) is 9.71. The van der Waals surface area contributed by atoms with Crippen molar-refractivity contribution < 1.29 is 19.0 Å². The zero-order valence-corrected chi connectivity index (χ0v) is 19.1. The first kappa shape index (κ1) is 23.4. The van der Waals surface area contributed by atoms with Crippen LogP contribution in [0.2, 0.25) is 10.0 Å². The van der Waals surface area contributed by atoms with E-state index in [9.17, 15) is 4.79 Å². The van der Waals surface area contributed by atoms with Crippen molar-refractivity contribution in [3.63, 3.8) is 0 Å². The van der Waals surface area contributed by atoms with Crippen LogP contribution in [0.4, 0.5) is 0 Å². The highest BCUT2D eigenvalue weighted by Crippen LogP contribution is 2.29. The van der Waals surface area contributed by atoms with Crippen LogP contribution in [0, 0.1) is 6.92 Å². The zero-order chi connectivity index (χ0) is 22.9. The summed E-state index contributed by atoms with van der Waals surface area (Å²) in [5, 5.41) is 4.77. The largest absolute Gasteiger partial charge is 0.493 e. The van der Waals surface area contributed by atoms with Gasteiger partial charge < -0.3 is 14.2 Å². The zero-order valence-electron chi connectivity index (χ0n) is 17.6.